The zero-order valence-corrected chi connectivity index (χ0v) is 7.25. The molecule has 0 N–H and O–H groups in total. The zero-order valence-electron chi connectivity index (χ0n) is 6.25. The molecule has 0 radical (unpaired) electrons. The van der Waals surface area contributed by atoms with Crippen molar-refractivity contribution in [1.82, 2.24) is 0 Å². The van der Waals surface area contributed by atoms with Crippen molar-refractivity contribution in [2.75, 3.05) is 6.16 Å². The summed E-state index contributed by atoms with van der Waals surface area (Å²) in [4.78, 5) is 0. The first-order valence-electron chi connectivity index (χ1n) is 3.59. The molecule has 0 bridgehead atoms. The van der Waals surface area contributed by atoms with E-state index in [2.05, 4.69) is 17.9 Å². The molecule has 11 heavy (non-hydrogen) atoms. The second-order valence-corrected chi connectivity index (χ2v) is 3.35. The number of hydrogen-bond acceptors (Lipinski definition) is 1. The van der Waals surface area contributed by atoms with Gasteiger partial charge in [0.1, 0.15) is 0 Å². The molecule has 1 unspecified atom stereocenters. The highest BCUT2D eigenvalue weighted by Gasteiger charge is 1.89. The fourth-order valence-electron chi connectivity index (χ4n) is 0.907. The third-order valence-corrected chi connectivity index (χ3v) is 2.12. The molecule has 56 valence electrons. The molecule has 1 aromatic carbocycles. The third kappa shape index (κ3) is 3.16. The minimum absolute atomic E-state index is 0.446. The van der Waals surface area contributed by atoms with Crippen LogP contribution in [0.5, 0.6) is 0 Å². The molecule has 0 heterocycles. The van der Waals surface area contributed by atoms with Gasteiger partial charge in [0, 0.05) is 0 Å². The molecule has 0 aliphatic heterocycles. The predicted molar refractivity (Wildman–Crippen MR) is 48.9 cm³/mol. The number of rotatable bonds is 3. The van der Waals surface area contributed by atoms with Gasteiger partial charge in [0.05, 0.1) is 5.81 Å². The van der Waals surface area contributed by atoms with Gasteiger partial charge in [0.2, 0.25) is 0 Å². The average Bonchev–Trinajstić information content (AvgIpc) is 2.07. The van der Waals surface area contributed by atoms with Gasteiger partial charge < -0.3 is 0 Å². The first kappa shape index (κ1) is 8.24. The Morgan fingerprint density at radius 3 is 2.64 bits per heavy atom. The lowest BCUT2D eigenvalue weighted by Crippen LogP contribution is -1.84. The van der Waals surface area contributed by atoms with E-state index in [9.17, 15) is 0 Å². The summed E-state index contributed by atoms with van der Waals surface area (Å²) in [5.74, 6) is 2.17. The predicted octanol–water partition coefficient (Wildman–Crippen LogP) is 2.39. The highest BCUT2D eigenvalue weighted by Crippen LogP contribution is 2.09. The van der Waals surface area contributed by atoms with Crippen molar-refractivity contribution in [3.63, 3.8) is 0 Å². The lowest BCUT2D eigenvalue weighted by molar-refractivity contribution is 1.16. The normalized spacial score (nSPS) is 10.1. The second-order valence-electron chi connectivity index (χ2n) is 2.27. The molecule has 0 aromatic heterocycles. The Balaban J connectivity index is 2.35. The van der Waals surface area contributed by atoms with Crippen LogP contribution in [0.15, 0.2) is 30.3 Å². The monoisotopic (exact) mass is 163 g/mol. The number of nitrogens with zero attached hydrogens (tertiary/aromatic N) is 1. The van der Waals surface area contributed by atoms with E-state index in [-0.39, 0.29) is 0 Å². The molecule has 1 nitrogen and oxygen atoms in total. The van der Waals surface area contributed by atoms with Crippen LogP contribution in [0.3, 0.4) is 0 Å². The Bertz CT molecular complexity index is 237. The van der Waals surface area contributed by atoms with Gasteiger partial charge in [-0.2, -0.15) is 5.26 Å². The van der Waals surface area contributed by atoms with Gasteiger partial charge in [0.15, 0.2) is 0 Å². The van der Waals surface area contributed by atoms with Crippen molar-refractivity contribution >= 4 is 8.58 Å². The lowest BCUT2D eigenvalue weighted by Gasteiger charge is -1.95. The molecule has 0 aliphatic carbocycles. The molecule has 1 rings (SSSR count). The van der Waals surface area contributed by atoms with E-state index < -0.39 is 0 Å². The maximum atomic E-state index is 8.31. The number of benzene rings is 1. The number of hydrogen-bond donors (Lipinski definition) is 0. The van der Waals surface area contributed by atoms with Crippen LogP contribution >= 0.6 is 8.58 Å². The minimum Gasteiger partial charge on any atom is -0.194 e. The summed E-state index contributed by atoms with van der Waals surface area (Å²) in [5.41, 5.74) is 1.33. The fraction of sp³-hybridized carbons (Fsp3) is 0.222. The summed E-state index contributed by atoms with van der Waals surface area (Å²) >= 11 is 0. The van der Waals surface area contributed by atoms with Gasteiger partial charge in [-0.25, -0.2) is 0 Å². The average molecular weight is 163 g/mol. The van der Waals surface area contributed by atoms with E-state index in [1.807, 2.05) is 18.2 Å². The molecule has 0 amide bonds. The molecular weight excluding hydrogens is 153 g/mol. The molecule has 1 aromatic rings. The van der Waals surface area contributed by atoms with Gasteiger partial charge >= 0.3 is 0 Å². The summed E-state index contributed by atoms with van der Waals surface area (Å²) < 4.78 is 0. The molecular formula is C9H10NP. The van der Waals surface area contributed by atoms with E-state index >= 15 is 0 Å². The Morgan fingerprint density at radius 2 is 2.00 bits per heavy atom. The molecule has 0 aliphatic rings. The fourth-order valence-corrected chi connectivity index (χ4v) is 1.43. The van der Waals surface area contributed by atoms with Gasteiger partial charge in [-0.05, 0) is 26.7 Å². The van der Waals surface area contributed by atoms with E-state index in [0.717, 1.165) is 12.6 Å². The maximum Gasteiger partial charge on any atom is 0.0838 e. The highest BCUT2D eigenvalue weighted by atomic mass is 31.1. The smallest absolute Gasteiger partial charge is 0.0838 e. The van der Waals surface area contributed by atoms with Crippen LogP contribution in [0.4, 0.5) is 0 Å². The summed E-state index contributed by atoms with van der Waals surface area (Å²) in [7, 11) is 0.446. The quantitative estimate of drug-likeness (QED) is 0.495. The van der Waals surface area contributed by atoms with E-state index in [1.165, 1.54) is 5.56 Å². The van der Waals surface area contributed by atoms with Crippen LogP contribution in [-0.2, 0) is 6.42 Å². The molecule has 0 spiro atoms. The number of aryl methyl sites for hydroxylation is 1. The molecule has 0 saturated heterocycles. The topological polar surface area (TPSA) is 23.8 Å². The lowest BCUT2D eigenvalue weighted by atomic mass is 10.2. The summed E-state index contributed by atoms with van der Waals surface area (Å²) in [5, 5.41) is 8.31. The van der Waals surface area contributed by atoms with Crippen LogP contribution in [0.2, 0.25) is 0 Å². The van der Waals surface area contributed by atoms with Gasteiger partial charge in [0.25, 0.3) is 0 Å². The Hall–Kier alpha value is -0.860. The van der Waals surface area contributed by atoms with Crippen molar-refractivity contribution in [3.8, 4) is 5.81 Å². The van der Waals surface area contributed by atoms with E-state index in [0.29, 0.717) is 8.58 Å². The second kappa shape index (κ2) is 4.88. The Labute approximate surface area is 68.8 Å². The van der Waals surface area contributed by atoms with Crippen molar-refractivity contribution in [3.05, 3.63) is 35.9 Å². The van der Waals surface area contributed by atoms with Crippen molar-refractivity contribution in [1.29, 1.82) is 5.26 Å². The molecule has 1 atom stereocenters. The van der Waals surface area contributed by atoms with Crippen molar-refractivity contribution in [2.24, 2.45) is 0 Å². The third-order valence-electron chi connectivity index (χ3n) is 1.46. The van der Waals surface area contributed by atoms with Gasteiger partial charge in [-0.1, -0.05) is 30.3 Å². The van der Waals surface area contributed by atoms with Crippen molar-refractivity contribution in [2.45, 2.75) is 6.42 Å². The van der Waals surface area contributed by atoms with E-state index in [4.69, 9.17) is 5.26 Å². The first-order valence-corrected chi connectivity index (χ1v) is 4.80. The minimum atomic E-state index is 0.446. The zero-order chi connectivity index (χ0) is 7.94. The Morgan fingerprint density at radius 1 is 1.27 bits per heavy atom. The van der Waals surface area contributed by atoms with Gasteiger partial charge in [-0.15, -0.1) is 0 Å². The molecule has 0 fully saturated rings. The van der Waals surface area contributed by atoms with Crippen LogP contribution in [0, 0.1) is 11.1 Å². The number of nitriles is 1. The first-order chi connectivity index (χ1) is 5.43. The SMILES string of the molecule is N#CPCCc1ccccc1. The summed E-state index contributed by atoms with van der Waals surface area (Å²) in [6, 6.07) is 10.3. The van der Waals surface area contributed by atoms with Crippen LogP contribution in [0.25, 0.3) is 0 Å². The molecule has 0 saturated carbocycles. The largest absolute Gasteiger partial charge is 0.194 e. The Kier molecular flexibility index (Phi) is 3.65. The maximum absolute atomic E-state index is 8.31. The van der Waals surface area contributed by atoms with E-state index in [1.54, 1.807) is 0 Å². The summed E-state index contributed by atoms with van der Waals surface area (Å²) in [6.45, 7) is 0. The highest BCUT2D eigenvalue weighted by molar-refractivity contribution is 7.43. The van der Waals surface area contributed by atoms with Crippen LogP contribution in [0.1, 0.15) is 5.56 Å². The summed E-state index contributed by atoms with van der Waals surface area (Å²) in [6.07, 6.45) is 2.04. The van der Waals surface area contributed by atoms with Crippen LogP contribution in [-0.4, -0.2) is 6.16 Å². The van der Waals surface area contributed by atoms with Crippen molar-refractivity contribution < 1.29 is 0 Å². The molecule has 2 heteroatoms. The van der Waals surface area contributed by atoms with Gasteiger partial charge in [-0.3, -0.25) is 0 Å². The standard InChI is InChI=1S/C9H10NP/c10-8-11-7-6-9-4-2-1-3-5-9/h1-5,11H,6-7H2. The van der Waals surface area contributed by atoms with Crippen LogP contribution < -0.4 is 0 Å².